The number of hydrogen-bond donors (Lipinski definition) is 1. The zero-order valence-electron chi connectivity index (χ0n) is 10.2. The summed E-state index contributed by atoms with van der Waals surface area (Å²) in [6.07, 6.45) is 1.09. The molecule has 0 saturated carbocycles. The minimum absolute atomic E-state index is 0.972. The fourth-order valence-corrected chi connectivity index (χ4v) is 2.58. The van der Waals surface area contributed by atoms with Crippen molar-refractivity contribution in [1.82, 2.24) is 5.32 Å². The van der Waals surface area contributed by atoms with Crippen LogP contribution in [-0.2, 0) is 13.0 Å². The van der Waals surface area contributed by atoms with Crippen molar-refractivity contribution in [2.75, 3.05) is 6.54 Å². The molecule has 0 aromatic heterocycles. The van der Waals surface area contributed by atoms with Crippen LogP contribution in [0.3, 0.4) is 0 Å². The molecule has 0 amide bonds. The molecule has 1 nitrogen and oxygen atoms in total. The molecule has 1 heteroatoms. The van der Waals surface area contributed by atoms with Gasteiger partial charge in [-0.05, 0) is 40.8 Å². The second-order valence-electron chi connectivity index (χ2n) is 4.61. The van der Waals surface area contributed by atoms with Gasteiger partial charge in [-0.1, -0.05) is 49.4 Å². The van der Waals surface area contributed by atoms with Crippen LogP contribution >= 0.6 is 0 Å². The van der Waals surface area contributed by atoms with E-state index in [0.29, 0.717) is 0 Å². The highest BCUT2D eigenvalue weighted by Crippen LogP contribution is 2.36. The van der Waals surface area contributed by atoms with E-state index in [-0.39, 0.29) is 0 Å². The molecule has 0 heterocycles. The first-order chi connectivity index (χ1) is 8.38. The first-order valence-electron chi connectivity index (χ1n) is 6.29. The van der Waals surface area contributed by atoms with E-state index in [4.69, 9.17) is 0 Å². The third kappa shape index (κ3) is 1.87. The van der Waals surface area contributed by atoms with E-state index in [9.17, 15) is 0 Å². The van der Waals surface area contributed by atoms with Gasteiger partial charge in [-0.15, -0.1) is 0 Å². The summed E-state index contributed by atoms with van der Waals surface area (Å²) in [7, 11) is 0. The number of fused-ring (bicyclic) bond motifs is 3. The molecule has 3 rings (SSSR count). The molecule has 0 saturated heterocycles. The van der Waals surface area contributed by atoms with Gasteiger partial charge in [0, 0.05) is 6.54 Å². The van der Waals surface area contributed by atoms with Gasteiger partial charge in [0.25, 0.3) is 0 Å². The van der Waals surface area contributed by atoms with Crippen LogP contribution in [0, 0.1) is 0 Å². The van der Waals surface area contributed by atoms with Crippen LogP contribution in [0.2, 0.25) is 0 Å². The molecule has 1 aliphatic rings. The Morgan fingerprint density at radius 3 is 2.71 bits per heavy atom. The maximum absolute atomic E-state index is 3.38. The van der Waals surface area contributed by atoms with Crippen molar-refractivity contribution in [3.8, 4) is 11.1 Å². The summed E-state index contributed by atoms with van der Waals surface area (Å²) in [6.45, 7) is 4.14. The lowest BCUT2D eigenvalue weighted by Gasteiger charge is -2.05. The molecule has 0 spiro atoms. The minimum atomic E-state index is 0.972. The molecule has 0 unspecified atom stereocenters. The summed E-state index contributed by atoms with van der Waals surface area (Å²) in [5.74, 6) is 0. The molecule has 17 heavy (non-hydrogen) atoms. The summed E-state index contributed by atoms with van der Waals surface area (Å²) >= 11 is 0. The van der Waals surface area contributed by atoms with E-state index >= 15 is 0 Å². The first kappa shape index (κ1) is 10.5. The van der Waals surface area contributed by atoms with Crippen molar-refractivity contribution >= 4 is 0 Å². The Hall–Kier alpha value is -1.60. The maximum atomic E-state index is 3.38. The second kappa shape index (κ2) is 4.34. The normalized spacial score (nSPS) is 12.3. The van der Waals surface area contributed by atoms with Gasteiger partial charge in [-0.3, -0.25) is 0 Å². The number of hydrogen-bond acceptors (Lipinski definition) is 1. The predicted molar refractivity (Wildman–Crippen MR) is 72.1 cm³/mol. The highest BCUT2D eigenvalue weighted by molar-refractivity contribution is 5.76. The average Bonchev–Trinajstić information content (AvgIpc) is 2.74. The fourth-order valence-electron chi connectivity index (χ4n) is 2.58. The topological polar surface area (TPSA) is 12.0 Å². The van der Waals surface area contributed by atoms with Gasteiger partial charge in [0.15, 0.2) is 0 Å². The highest BCUT2D eigenvalue weighted by atomic mass is 14.8. The number of benzene rings is 2. The van der Waals surface area contributed by atoms with Crippen LogP contribution in [0.15, 0.2) is 42.5 Å². The van der Waals surface area contributed by atoms with Crippen LogP contribution < -0.4 is 5.32 Å². The Morgan fingerprint density at radius 2 is 1.82 bits per heavy atom. The Balaban J connectivity index is 1.95. The molecule has 86 valence electrons. The third-order valence-corrected chi connectivity index (χ3v) is 3.44. The Kier molecular flexibility index (Phi) is 2.69. The van der Waals surface area contributed by atoms with Crippen molar-refractivity contribution in [2.45, 2.75) is 19.9 Å². The molecule has 0 aliphatic heterocycles. The van der Waals surface area contributed by atoms with Gasteiger partial charge in [0.2, 0.25) is 0 Å². The molecule has 0 atom stereocenters. The molecule has 2 aromatic carbocycles. The van der Waals surface area contributed by atoms with E-state index in [2.05, 4.69) is 54.7 Å². The van der Waals surface area contributed by atoms with E-state index < -0.39 is 0 Å². The summed E-state index contributed by atoms with van der Waals surface area (Å²) in [6, 6.07) is 15.6. The van der Waals surface area contributed by atoms with Crippen molar-refractivity contribution < 1.29 is 0 Å². The largest absolute Gasteiger partial charge is 0.313 e. The Bertz CT molecular complexity index is 543. The lowest BCUT2D eigenvalue weighted by atomic mass is 10.0. The standard InChI is InChI=1S/C16H17N/c1-2-17-11-12-7-8-16-14(9-12)10-13-5-3-4-6-15(13)16/h3-9,17H,2,10-11H2,1H3. The SMILES string of the molecule is CCNCc1ccc2c(c1)Cc1ccccc1-2. The highest BCUT2D eigenvalue weighted by Gasteiger charge is 2.17. The second-order valence-corrected chi connectivity index (χ2v) is 4.61. The lowest BCUT2D eigenvalue weighted by molar-refractivity contribution is 0.726. The van der Waals surface area contributed by atoms with Crippen LogP contribution in [0.25, 0.3) is 11.1 Å². The molecule has 2 aromatic rings. The average molecular weight is 223 g/mol. The zero-order chi connectivity index (χ0) is 11.7. The summed E-state index contributed by atoms with van der Waals surface area (Å²) in [5, 5.41) is 3.38. The minimum Gasteiger partial charge on any atom is -0.313 e. The van der Waals surface area contributed by atoms with Gasteiger partial charge in [-0.25, -0.2) is 0 Å². The van der Waals surface area contributed by atoms with Gasteiger partial charge < -0.3 is 5.32 Å². The Labute approximate surface area is 102 Å². The molecule has 0 radical (unpaired) electrons. The van der Waals surface area contributed by atoms with Gasteiger partial charge in [0.05, 0.1) is 0 Å². The monoisotopic (exact) mass is 223 g/mol. The molecular formula is C16H17N. The van der Waals surface area contributed by atoms with Crippen LogP contribution in [0.4, 0.5) is 0 Å². The van der Waals surface area contributed by atoms with E-state index in [1.807, 2.05) is 0 Å². The molecule has 0 bridgehead atoms. The summed E-state index contributed by atoms with van der Waals surface area (Å²) < 4.78 is 0. The van der Waals surface area contributed by atoms with Gasteiger partial charge in [0.1, 0.15) is 0 Å². The smallest absolute Gasteiger partial charge is 0.0205 e. The third-order valence-electron chi connectivity index (χ3n) is 3.44. The van der Waals surface area contributed by atoms with Crippen molar-refractivity contribution in [3.63, 3.8) is 0 Å². The van der Waals surface area contributed by atoms with E-state index in [1.165, 1.54) is 27.8 Å². The zero-order valence-corrected chi connectivity index (χ0v) is 10.2. The molecule has 1 N–H and O–H groups in total. The quantitative estimate of drug-likeness (QED) is 0.718. The molecule has 0 fully saturated rings. The number of nitrogens with one attached hydrogen (secondary N) is 1. The number of rotatable bonds is 3. The van der Waals surface area contributed by atoms with Crippen LogP contribution in [0.5, 0.6) is 0 Å². The fraction of sp³-hybridized carbons (Fsp3) is 0.250. The van der Waals surface area contributed by atoms with Gasteiger partial charge >= 0.3 is 0 Å². The van der Waals surface area contributed by atoms with Crippen molar-refractivity contribution in [1.29, 1.82) is 0 Å². The van der Waals surface area contributed by atoms with E-state index in [0.717, 1.165) is 19.5 Å². The van der Waals surface area contributed by atoms with Crippen molar-refractivity contribution in [3.05, 3.63) is 59.2 Å². The molecule has 1 aliphatic carbocycles. The van der Waals surface area contributed by atoms with E-state index in [1.54, 1.807) is 0 Å². The van der Waals surface area contributed by atoms with Gasteiger partial charge in [-0.2, -0.15) is 0 Å². The summed E-state index contributed by atoms with van der Waals surface area (Å²) in [4.78, 5) is 0. The van der Waals surface area contributed by atoms with Crippen LogP contribution in [-0.4, -0.2) is 6.54 Å². The van der Waals surface area contributed by atoms with Crippen molar-refractivity contribution in [2.24, 2.45) is 0 Å². The molecular weight excluding hydrogens is 206 g/mol. The first-order valence-corrected chi connectivity index (χ1v) is 6.29. The Morgan fingerprint density at radius 1 is 1.00 bits per heavy atom. The summed E-state index contributed by atoms with van der Waals surface area (Å²) in [5.41, 5.74) is 7.15. The predicted octanol–water partition coefficient (Wildman–Crippen LogP) is 3.37. The lowest BCUT2D eigenvalue weighted by Crippen LogP contribution is -2.11. The van der Waals surface area contributed by atoms with Crippen LogP contribution in [0.1, 0.15) is 23.6 Å². The maximum Gasteiger partial charge on any atom is 0.0205 e.